The molecule has 346 valence electrons. The van der Waals surface area contributed by atoms with Gasteiger partial charge in [-0.2, -0.15) is 0 Å². The second-order valence-corrected chi connectivity index (χ2v) is 26.4. The van der Waals surface area contributed by atoms with Crippen LogP contribution in [0.3, 0.4) is 0 Å². The molecule has 5 unspecified atom stereocenters. The number of nitrogens with zero attached hydrogens (tertiary/aromatic N) is 1. The Hall–Kier alpha value is -3.41. The third-order valence-electron chi connectivity index (χ3n) is 14.8. The van der Waals surface area contributed by atoms with E-state index in [4.69, 9.17) is 23.4 Å². The van der Waals surface area contributed by atoms with Crippen LogP contribution in [0.15, 0.2) is 78.9 Å². The van der Waals surface area contributed by atoms with Gasteiger partial charge in [-0.25, -0.2) is 0 Å². The van der Waals surface area contributed by atoms with Gasteiger partial charge >= 0.3 is 5.97 Å². The fourth-order valence-corrected chi connectivity index (χ4v) is 11.1. The van der Waals surface area contributed by atoms with E-state index in [9.17, 15) is 14.4 Å². The molecule has 9 nitrogen and oxygen atoms in total. The lowest BCUT2D eigenvalue weighted by Crippen LogP contribution is -2.49. The summed E-state index contributed by atoms with van der Waals surface area (Å²) in [6.07, 6.45) is 7.77. The predicted octanol–water partition coefficient (Wildman–Crippen LogP) is 11.3. The van der Waals surface area contributed by atoms with E-state index in [0.717, 1.165) is 68.9 Å². The number of imide groups is 1. The van der Waals surface area contributed by atoms with Crippen LogP contribution < -0.4 is 0 Å². The topological polar surface area (TPSA) is 101 Å². The summed E-state index contributed by atoms with van der Waals surface area (Å²) in [7, 11) is -2.32. The normalized spacial score (nSPS) is 28.5. The average Bonchev–Trinajstić information content (AvgIpc) is 3.81. The van der Waals surface area contributed by atoms with Gasteiger partial charge in [0.2, 0.25) is 0 Å². The lowest BCUT2D eigenvalue weighted by molar-refractivity contribution is -0.153. The smallest absolute Gasteiger partial charge is 0.311 e. The Kier molecular flexibility index (Phi) is 15.9. The average molecular weight is 884 g/mol. The van der Waals surface area contributed by atoms with Crippen molar-refractivity contribution in [1.29, 1.82) is 0 Å². The molecule has 4 aliphatic heterocycles. The molecule has 4 heterocycles. The van der Waals surface area contributed by atoms with Crippen LogP contribution in [0.25, 0.3) is 0 Å². The quantitative estimate of drug-likeness (QED) is 0.0480. The molecule has 0 aliphatic carbocycles. The van der Waals surface area contributed by atoms with Crippen LogP contribution in [0.2, 0.25) is 18.1 Å². The van der Waals surface area contributed by atoms with Crippen molar-refractivity contribution >= 4 is 26.1 Å². The Labute approximate surface area is 379 Å². The first kappa shape index (κ1) is 49.0. The molecule has 2 aromatic rings. The number of carbonyl (C=O) groups is 3. The highest BCUT2D eigenvalue weighted by molar-refractivity contribution is 6.74. The molecule has 0 N–H and O–H groups in total. The fourth-order valence-electron chi connectivity index (χ4n) is 9.73. The zero-order chi connectivity index (χ0) is 45.9. The summed E-state index contributed by atoms with van der Waals surface area (Å²) >= 11 is 0. The maximum Gasteiger partial charge on any atom is 0.311 e. The number of fused-ring (bicyclic) bond motifs is 1. The second-order valence-electron chi connectivity index (χ2n) is 21.7. The molecule has 4 aliphatic rings. The van der Waals surface area contributed by atoms with Crippen molar-refractivity contribution in [3.63, 3.8) is 0 Å². The monoisotopic (exact) mass is 884 g/mol. The van der Waals surface area contributed by atoms with E-state index in [2.05, 4.69) is 91.2 Å². The van der Waals surface area contributed by atoms with Crippen molar-refractivity contribution in [3.8, 4) is 0 Å². The van der Waals surface area contributed by atoms with Gasteiger partial charge in [0.1, 0.15) is 0 Å². The molecule has 63 heavy (non-hydrogen) atoms. The Morgan fingerprint density at radius 3 is 2.10 bits per heavy atom. The number of amides is 2. The maximum atomic E-state index is 13.7. The number of esters is 1. The van der Waals surface area contributed by atoms with E-state index in [-0.39, 0.29) is 83.9 Å². The van der Waals surface area contributed by atoms with Crippen LogP contribution in [-0.2, 0) is 34.6 Å². The molecule has 0 radical (unpaired) electrons. The van der Waals surface area contributed by atoms with Crippen molar-refractivity contribution in [2.75, 3.05) is 13.2 Å². The van der Waals surface area contributed by atoms with Gasteiger partial charge in [0, 0.05) is 12.8 Å². The van der Waals surface area contributed by atoms with E-state index in [1.165, 1.54) is 10.5 Å². The molecular weight excluding hydrogens is 807 g/mol. The van der Waals surface area contributed by atoms with Crippen LogP contribution in [0.4, 0.5) is 0 Å². The molecule has 10 heteroatoms. The summed E-state index contributed by atoms with van der Waals surface area (Å²) in [5.41, 5.74) is 3.99. The van der Waals surface area contributed by atoms with Gasteiger partial charge < -0.3 is 23.4 Å². The molecular formula is C53H77NO8Si. The van der Waals surface area contributed by atoms with Crippen LogP contribution in [0.5, 0.6) is 0 Å². The minimum atomic E-state index is -2.32. The number of hydrogen-bond donors (Lipinski definition) is 0. The molecule has 0 saturated carbocycles. The van der Waals surface area contributed by atoms with Crippen molar-refractivity contribution in [1.82, 2.24) is 4.90 Å². The Balaban J connectivity index is 1.13. The van der Waals surface area contributed by atoms with Gasteiger partial charge in [0.15, 0.2) is 8.32 Å². The third-order valence-corrected chi connectivity index (χ3v) is 19.3. The lowest BCUT2D eigenvalue weighted by atomic mass is 9.79. The van der Waals surface area contributed by atoms with E-state index in [0.29, 0.717) is 30.1 Å². The number of ether oxygens (including phenoxy) is 4. The summed E-state index contributed by atoms with van der Waals surface area (Å²) < 4.78 is 33.3. The zero-order valence-corrected chi connectivity index (χ0v) is 41.1. The summed E-state index contributed by atoms with van der Waals surface area (Å²) in [4.78, 5) is 40.9. The molecule has 6 rings (SSSR count). The van der Waals surface area contributed by atoms with Gasteiger partial charge in [-0.05, 0) is 137 Å². The van der Waals surface area contributed by atoms with Crippen molar-refractivity contribution in [3.05, 3.63) is 95.6 Å². The number of rotatable bonds is 18. The Morgan fingerprint density at radius 1 is 0.825 bits per heavy atom. The standard InChI is InChI=1S/C53H77NO8Si/c1-34-29-40(25-27-45-35(2)30-39(59-45)21-18-28-58-51(57)52(5,6)7)60-47(36(34)3)32-48-42(26-24-38-19-14-13-15-20-38)37(4)46(61-48)31-41(62-63(11,12)53(8,9)10)33-54-49(55)43-22-16-17-23-44(43)50(54)56/h13-17,19-20,22-23,34,37,39-42,45-48H,2-3,18,21,24-33H2,1,4-12H3/t34-,37-,39?,40?,41+,42?,45+,46?,47?,48+/m1/s1. The van der Waals surface area contributed by atoms with Gasteiger partial charge in [0.05, 0.1) is 72.4 Å². The van der Waals surface area contributed by atoms with Crippen molar-refractivity contribution in [2.24, 2.45) is 23.2 Å². The SMILES string of the molecule is C=C1C(C[C@@H]2OC(C[C@@H](CN3C(=O)c4ccccc4C3=O)O[Si](C)(C)C(C)(C)C)[C@H](C)C2CCc2ccccc2)OC(CC[C@@H]2OC(CCCOC(=O)C(C)(C)C)CC2=C)C[C@H]1C. The number of hydrogen-bond acceptors (Lipinski definition) is 8. The molecule has 2 aromatic carbocycles. The third kappa shape index (κ3) is 12.1. The molecule has 0 spiro atoms. The van der Waals surface area contributed by atoms with Gasteiger partial charge in [0.25, 0.3) is 11.8 Å². The van der Waals surface area contributed by atoms with Crippen LogP contribution >= 0.6 is 0 Å². The Morgan fingerprint density at radius 2 is 1.46 bits per heavy atom. The first-order chi connectivity index (χ1) is 29.6. The molecule has 2 amide bonds. The van der Waals surface area contributed by atoms with Crippen LogP contribution in [0, 0.1) is 23.2 Å². The highest BCUT2D eigenvalue weighted by atomic mass is 28.4. The predicted molar refractivity (Wildman–Crippen MR) is 252 cm³/mol. The molecule has 10 atom stereocenters. The van der Waals surface area contributed by atoms with Crippen LogP contribution in [-0.4, -0.2) is 86.9 Å². The molecule has 3 saturated heterocycles. The molecule has 0 bridgehead atoms. The molecule has 3 fully saturated rings. The lowest BCUT2D eigenvalue weighted by Gasteiger charge is -2.40. The Bertz CT molecular complexity index is 1900. The van der Waals surface area contributed by atoms with Crippen molar-refractivity contribution < 1.29 is 37.8 Å². The van der Waals surface area contributed by atoms with Crippen molar-refractivity contribution in [2.45, 2.75) is 180 Å². The van der Waals surface area contributed by atoms with Crippen LogP contribution in [0.1, 0.15) is 139 Å². The second kappa shape index (κ2) is 20.4. The number of aryl methyl sites for hydroxylation is 1. The van der Waals surface area contributed by atoms with Gasteiger partial charge in [-0.15, -0.1) is 0 Å². The summed E-state index contributed by atoms with van der Waals surface area (Å²) in [5, 5.41) is -0.0647. The number of benzene rings is 2. The largest absolute Gasteiger partial charge is 0.465 e. The number of carbonyl (C=O) groups excluding carboxylic acids is 3. The summed E-state index contributed by atoms with van der Waals surface area (Å²) in [5.74, 6) is 0.0994. The van der Waals surface area contributed by atoms with Gasteiger partial charge in [-0.1, -0.05) is 90.2 Å². The molecule has 0 aromatic heterocycles. The maximum absolute atomic E-state index is 13.7. The van der Waals surface area contributed by atoms with E-state index >= 15 is 0 Å². The first-order valence-electron chi connectivity index (χ1n) is 23.8. The minimum absolute atomic E-state index is 0.00134. The zero-order valence-electron chi connectivity index (χ0n) is 40.1. The highest BCUT2D eigenvalue weighted by Crippen LogP contribution is 2.45. The highest BCUT2D eigenvalue weighted by Gasteiger charge is 2.48. The first-order valence-corrected chi connectivity index (χ1v) is 26.7. The van der Waals surface area contributed by atoms with E-state index in [1.807, 2.05) is 32.9 Å². The van der Waals surface area contributed by atoms with Gasteiger partial charge in [-0.3, -0.25) is 19.3 Å². The summed E-state index contributed by atoms with van der Waals surface area (Å²) in [6, 6.07) is 17.8. The minimum Gasteiger partial charge on any atom is -0.465 e. The summed E-state index contributed by atoms with van der Waals surface area (Å²) in [6.45, 7) is 30.9. The fraction of sp³-hybridized carbons (Fsp3) is 0.642. The van der Waals surface area contributed by atoms with E-state index in [1.54, 1.807) is 12.1 Å². The van der Waals surface area contributed by atoms with E-state index < -0.39 is 13.7 Å².